The molecule has 0 aliphatic carbocycles. The van der Waals surface area contributed by atoms with Crippen molar-refractivity contribution in [2.24, 2.45) is 0 Å². The predicted octanol–water partition coefficient (Wildman–Crippen LogP) is 1.50. The Balaban J connectivity index is 1.86. The molecule has 0 amide bonds. The van der Waals surface area contributed by atoms with Gasteiger partial charge in [0, 0.05) is 33.2 Å². The minimum Gasteiger partial charge on any atom is -0.382 e. The summed E-state index contributed by atoms with van der Waals surface area (Å²) in [5.41, 5.74) is 0. The molecule has 0 bridgehead atoms. The highest BCUT2D eigenvalue weighted by Gasteiger charge is 2.15. The van der Waals surface area contributed by atoms with Crippen molar-refractivity contribution >= 4 is 5.84 Å². The first kappa shape index (κ1) is 12.5. The van der Waals surface area contributed by atoms with Gasteiger partial charge in [-0.15, -0.1) is 0 Å². The Bertz CT molecular complexity index is 185. The molecule has 0 saturated carbocycles. The Hall–Kier alpha value is -0.610. The summed E-state index contributed by atoms with van der Waals surface area (Å²) in [7, 11) is 1.68. The minimum atomic E-state index is 0.677. The highest BCUT2D eigenvalue weighted by atomic mass is 16.5. The number of nitrogens with zero attached hydrogens (tertiary/aromatic N) is 1. The maximum atomic E-state index is 7.66. The molecule has 0 unspecified atom stereocenters. The fourth-order valence-electron chi connectivity index (χ4n) is 1.73. The van der Waals surface area contributed by atoms with Crippen molar-refractivity contribution in [2.75, 3.05) is 40.0 Å². The highest BCUT2D eigenvalue weighted by Crippen LogP contribution is 2.10. The van der Waals surface area contributed by atoms with Crippen LogP contribution in [0.1, 0.15) is 25.7 Å². The van der Waals surface area contributed by atoms with E-state index in [1.54, 1.807) is 7.11 Å². The maximum Gasteiger partial charge on any atom is 0.0958 e. The number of amidine groups is 1. The molecule has 0 spiro atoms. The molecule has 4 nitrogen and oxygen atoms in total. The lowest BCUT2D eigenvalue weighted by atomic mass is 10.3. The van der Waals surface area contributed by atoms with Crippen LogP contribution >= 0.6 is 0 Å². The molecule has 0 atom stereocenters. The Morgan fingerprint density at radius 3 is 2.80 bits per heavy atom. The second-order valence-electron chi connectivity index (χ2n) is 3.85. The fourth-order valence-corrected chi connectivity index (χ4v) is 1.73. The number of ether oxygens (including phenoxy) is 2. The number of unbranched alkanes of at least 4 members (excludes halogenated alkanes) is 1. The molecule has 1 aliphatic heterocycles. The first-order valence-corrected chi connectivity index (χ1v) is 5.73. The van der Waals surface area contributed by atoms with Crippen molar-refractivity contribution in [3.8, 4) is 0 Å². The molecule has 1 N–H and O–H groups in total. The molecule has 1 fully saturated rings. The van der Waals surface area contributed by atoms with E-state index in [1.165, 1.54) is 0 Å². The Morgan fingerprint density at radius 2 is 2.13 bits per heavy atom. The lowest BCUT2D eigenvalue weighted by Crippen LogP contribution is -2.25. The van der Waals surface area contributed by atoms with Gasteiger partial charge in [-0.05, 0) is 19.3 Å². The van der Waals surface area contributed by atoms with Crippen LogP contribution in [0.5, 0.6) is 0 Å². The zero-order valence-corrected chi connectivity index (χ0v) is 9.63. The van der Waals surface area contributed by atoms with Crippen LogP contribution < -0.4 is 0 Å². The maximum absolute atomic E-state index is 7.66. The molecule has 1 aliphatic rings. The summed E-state index contributed by atoms with van der Waals surface area (Å²) in [6.07, 6.45) is 4.32. The second-order valence-corrected chi connectivity index (χ2v) is 3.85. The van der Waals surface area contributed by atoms with Crippen LogP contribution in [0, 0.1) is 5.41 Å². The molecule has 0 radical (unpaired) electrons. The van der Waals surface area contributed by atoms with E-state index in [9.17, 15) is 0 Å². The Labute approximate surface area is 92.1 Å². The smallest absolute Gasteiger partial charge is 0.0958 e. The van der Waals surface area contributed by atoms with Gasteiger partial charge in [0.1, 0.15) is 0 Å². The van der Waals surface area contributed by atoms with Crippen LogP contribution in [0.25, 0.3) is 0 Å². The molecule has 15 heavy (non-hydrogen) atoms. The summed E-state index contributed by atoms with van der Waals surface area (Å²) in [6, 6.07) is 0. The van der Waals surface area contributed by atoms with Crippen LogP contribution in [0.2, 0.25) is 0 Å². The number of nitrogens with one attached hydrogen (secondary N) is 1. The minimum absolute atomic E-state index is 0.677. The van der Waals surface area contributed by atoms with Gasteiger partial charge in [0.2, 0.25) is 0 Å². The number of hydrogen-bond donors (Lipinski definition) is 1. The van der Waals surface area contributed by atoms with Gasteiger partial charge in [0.25, 0.3) is 0 Å². The summed E-state index contributed by atoms with van der Waals surface area (Å²) in [4.78, 5) is 2.18. The monoisotopic (exact) mass is 214 g/mol. The zero-order valence-electron chi connectivity index (χ0n) is 9.63. The first-order valence-electron chi connectivity index (χ1n) is 5.73. The van der Waals surface area contributed by atoms with Crippen LogP contribution in [-0.2, 0) is 9.47 Å². The third kappa shape index (κ3) is 5.14. The Kier molecular flexibility index (Phi) is 6.36. The largest absolute Gasteiger partial charge is 0.382 e. The van der Waals surface area contributed by atoms with Gasteiger partial charge in [0.05, 0.1) is 19.0 Å². The quantitative estimate of drug-likeness (QED) is 0.623. The SMILES string of the molecule is COCCOCCCCN1CCCC1=N. The average molecular weight is 214 g/mol. The van der Waals surface area contributed by atoms with E-state index in [1.807, 2.05) is 0 Å². The molecule has 0 aromatic carbocycles. The van der Waals surface area contributed by atoms with Crippen LogP contribution in [-0.4, -0.2) is 50.8 Å². The molecule has 1 rings (SSSR count). The van der Waals surface area contributed by atoms with Gasteiger partial charge in [-0.2, -0.15) is 0 Å². The van der Waals surface area contributed by atoms with Crippen molar-refractivity contribution in [3.05, 3.63) is 0 Å². The first-order chi connectivity index (χ1) is 7.34. The summed E-state index contributed by atoms with van der Waals surface area (Å²) in [6.45, 7) is 4.27. The average Bonchev–Trinajstić information content (AvgIpc) is 2.63. The van der Waals surface area contributed by atoms with Crippen molar-refractivity contribution in [1.82, 2.24) is 4.90 Å². The molecular weight excluding hydrogens is 192 g/mol. The van der Waals surface area contributed by atoms with E-state index in [4.69, 9.17) is 14.9 Å². The summed E-state index contributed by atoms with van der Waals surface area (Å²) in [5, 5.41) is 7.66. The number of hydrogen-bond acceptors (Lipinski definition) is 3. The lowest BCUT2D eigenvalue weighted by molar-refractivity contribution is 0.0683. The third-order valence-electron chi connectivity index (χ3n) is 2.62. The molecule has 1 saturated heterocycles. The van der Waals surface area contributed by atoms with Gasteiger partial charge >= 0.3 is 0 Å². The molecule has 1 heterocycles. The highest BCUT2D eigenvalue weighted by molar-refractivity contribution is 5.80. The van der Waals surface area contributed by atoms with Gasteiger partial charge in [-0.3, -0.25) is 5.41 Å². The summed E-state index contributed by atoms with van der Waals surface area (Å²) >= 11 is 0. The molecular formula is C11H22N2O2. The third-order valence-corrected chi connectivity index (χ3v) is 2.62. The normalized spacial score (nSPS) is 16.3. The second kappa shape index (κ2) is 7.65. The van der Waals surface area contributed by atoms with E-state index in [2.05, 4.69) is 4.90 Å². The lowest BCUT2D eigenvalue weighted by Gasteiger charge is -2.17. The molecule has 88 valence electrons. The van der Waals surface area contributed by atoms with Crippen molar-refractivity contribution in [3.63, 3.8) is 0 Å². The summed E-state index contributed by atoms with van der Waals surface area (Å²) < 4.78 is 10.3. The van der Waals surface area contributed by atoms with E-state index >= 15 is 0 Å². The standard InChI is InChI=1S/C11H22N2O2/c1-14-9-10-15-8-3-2-6-13-7-4-5-11(13)12/h12H,2-10H2,1H3. The van der Waals surface area contributed by atoms with Gasteiger partial charge < -0.3 is 14.4 Å². The fraction of sp³-hybridized carbons (Fsp3) is 0.909. The number of likely N-dealkylation sites (tertiary alicyclic amines) is 1. The van der Waals surface area contributed by atoms with Crippen LogP contribution in [0.3, 0.4) is 0 Å². The zero-order chi connectivity index (χ0) is 10.9. The Morgan fingerprint density at radius 1 is 1.27 bits per heavy atom. The number of rotatable bonds is 8. The number of methoxy groups -OCH3 is 1. The van der Waals surface area contributed by atoms with E-state index in [0.29, 0.717) is 13.2 Å². The molecule has 0 aromatic heterocycles. The van der Waals surface area contributed by atoms with Gasteiger partial charge in [0.15, 0.2) is 0 Å². The van der Waals surface area contributed by atoms with E-state index in [0.717, 1.165) is 51.2 Å². The van der Waals surface area contributed by atoms with Crippen molar-refractivity contribution in [2.45, 2.75) is 25.7 Å². The van der Waals surface area contributed by atoms with Crippen molar-refractivity contribution < 1.29 is 9.47 Å². The van der Waals surface area contributed by atoms with E-state index < -0.39 is 0 Å². The van der Waals surface area contributed by atoms with Gasteiger partial charge in [-0.1, -0.05) is 0 Å². The topological polar surface area (TPSA) is 45.6 Å². The van der Waals surface area contributed by atoms with Crippen LogP contribution in [0.15, 0.2) is 0 Å². The van der Waals surface area contributed by atoms with Crippen molar-refractivity contribution in [1.29, 1.82) is 5.41 Å². The predicted molar refractivity (Wildman–Crippen MR) is 60.5 cm³/mol. The van der Waals surface area contributed by atoms with Gasteiger partial charge in [-0.25, -0.2) is 0 Å². The molecule has 0 aromatic rings. The van der Waals surface area contributed by atoms with E-state index in [-0.39, 0.29) is 0 Å². The molecule has 4 heteroatoms. The summed E-state index contributed by atoms with van der Waals surface area (Å²) in [5.74, 6) is 0.815. The van der Waals surface area contributed by atoms with Crippen LogP contribution in [0.4, 0.5) is 0 Å².